The van der Waals surface area contributed by atoms with Gasteiger partial charge in [0.1, 0.15) is 6.33 Å². The molecule has 0 fully saturated rings. The first-order valence-electron chi connectivity index (χ1n) is 9.39. The fourth-order valence-corrected chi connectivity index (χ4v) is 3.63. The van der Waals surface area contributed by atoms with Gasteiger partial charge < -0.3 is 20.1 Å². The van der Waals surface area contributed by atoms with E-state index in [0.29, 0.717) is 28.0 Å². The summed E-state index contributed by atoms with van der Waals surface area (Å²) in [7, 11) is 3.09. The normalized spacial score (nSPS) is 11.5. The van der Waals surface area contributed by atoms with Gasteiger partial charge in [0.15, 0.2) is 16.7 Å². The number of nitrogens with zero attached hydrogens (tertiary/aromatic N) is 3. The third-order valence-electron chi connectivity index (χ3n) is 4.26. The van der Waals surface area contributed by atoms with Crippen LogP contribution in [0.15, 0.2) is 53.9 Å². The number of benzene rings is 2. The Morgan fingerprint density at radius 3 is 2.48 bits per heavy atom. The van der Waals surface area contributed by atoms with Crippen LogP contribution in [0.4, 0.5) is 11.4 Å². The van der Waals surface area contributed by atoms with Crippen LogP contribution in [0.25, 0.3) is 5.69 Å². The van der Waals surface area contributed by atoms with Crippen molar-refractivity contribution >= 4 is 35.0 Å². The summed E-state index contributed by atoms with van der Waals surface area (Å²) < 4.78 is 12.2. The summed E-state index contributed by atoms with van der Waals surface area (Å²) in [4.78, 5) is 24.0. The molecule has 1 atom stereocenters. The van der Waals surface area contributed by atoms with Gasteiger partial charge in [0.25, 0.3) is 0 Å². The zero-order valence-corrected chi connectivity index (χ0v) is 18.4. The monoisotopic (exact) mass is 441 g/mol. The molecule has 1 aromatic heterocycles. The summed E-state index contributed by atoms with van der Waals surface area (Å²) in [5.41, 5.74) is 2.03. The van der Waals surface area contributed by atoms with Crippen molar-refractivity contribution in [3.05, 3.63) is 48.8 Å². The van der Waals surface area contributed by atoms with Crippen LogP contribution in [0.5, 0.6) is 11.5 Å². The molecule has 1 unspecified atom stereocenters. The molecule has 0 saturated heterocycles. The van der Waals surface area contributed by atoms with Gasteiger partial charge in [-0.3, -0.25) is 14.2 Å². The number of aromatic nitrogens is 3. The molecule has 0 aliphatic rings. The molecule has 2 amide bonds. The molecule has 0 aliphatic heterocycles. The lowest BCUT2D eigenvalue weighted by atomic mass is 10.2. The number of thioether (sulfide) groups is 1. The van der Waals surface area contributed by atoms with Gasteiger partial charge in [-0.25, -0.2) is 0 Å². The van der Waals surface area contributed by atoms with Crippen molar-refractivity contribution in [1.29, 1.82) is 0 Å². The highest BCUT2D eigenvalue weighted by molar-refractivity contribution is 8.00. The standard InChI is InChI=1S/C21H23N5O4S/c1-13(20(28)24-16-8-9-18(29-3)19(11-16)30-4)31-21-25-22-12-26(21)17-7-5-6-15(10-17)23-14(2)27/h5-13H,1-4H3,(H,23,27)(H,24,28). The number of ether oxygens (including phenoxy) is 2. The van der Waals surface area contributed by atoms with Gasteiger partial charge in [0, 0.05) is 24.4 Å². The fourth-order valence-electron chi connectivity index (χ4n) is 2.79. The molecule has 31 heavy (non-hydrogen) atoms. The number of hydrogen-bond donors (Lipinski definition) is 2. The van der Waals surface area contributed by atoms with Crippen LogP contribution >= 0.6 is 11.8 Å². The Bertz CT molecular complexity index is 1090. The molecular formula is C21H23N5O4S. The lowest BCUT2D eigenvalue weighted by Gasteiger charge is -2.14. The molecule has 0 radical (unpaired) electrons. The van der Waals surface area contributed by atoms with Crippen molar-refractivity contribution in [2.45, 2.75) is 24.3 Å². The van der Waals surface area contributed by atoms with Gasteiger partial charge in [-0.1, -0.05) is 17.8 Å². The second-order valence-corrected chi connectivity index (χ2v) is 7.84. The van der Waals surface area contributed by atoms with E-state index >= 15 is 0 Å². The maximum atomic E-state index is 12.7. The van der Waals surface area contributed by atoms with Gasteiger partial charge in [-0.2, -0.15) is 0 Å². The molecule has 0 saturated carbocycles. The first-order valence-corrected chi connectivity index (χ1v) is 10.3. The average Bonchev–Trinajstić information content (AvgIpc) is 3.21. The van der Waals surface area contributed by atoms with E-state index in [4.69, 9.17) is 9.47 Å². The highest BCUT2D eigenvalue weighted by Crippen LogP contribution is 2.31. The Morgan fingerprint density at radius 2 is 1.77 bits per heavy atom. The van der Waals surface area contributed by atoms with Crippen LogP contribution in [0.2, 0.25) is 0 Å². The van der Waals surface area contributed by atoms with Gasteiger partial charge in [0.2, 0.25) is 11.8 Å². The topological polar surface area (TPSA) is 107 Å². The Balaban J connectivity index is 1.72. The lowest BCUT2D eigenvalue weighted by molar-refractivity contribution is -0.115. The number of methoxy groups -OCH3 is 2. The van der Waals surface area contributed by atoms with E-state index in [1.807, 2.05) is 18.2 Å². The Kier molecular flexibility index (Phi) is 7.14. The van der Waals surface area contributed by atoms with Gasteiger partial charge in [-0.15, -0.1) is 10.2 Å². The summed E-state index contributed by atoms with van der Waals surface area (Å²) in [6, 6.07) is 12.5. The largest absolute Gasteiger partial charge is 0.493 e. The Morgan fingerprint density at radius 1 is 1.03 bits per heavy atom. The predicted octanol–water partition coefficient (Wildman–Crippen LogP) is 3.36. The molecule has 3 aromatic rings. The minimum absolute atomic E-state index is 0.157. The maximum Gasteiger partial charge on any atom is 0.237 e. The number of amides is 2. The average molecular weight is 442 g/mol. The van der Waals surface area contributed by atoms with Crippen molar-refractivity contribution in [3.8, 4) is 17.2 Å². The van der Waals surface area contributed by atoms with E-state index in [1.165, 1.54) is 25.8 Å². The van der Waals surface area contributed by atoms with Gasteiger partial charge >= 0.3 is 0 Å². The Hall–Kier alpha value is -3.53. The van der Waals surface area contributed by atoms with Gasteiger partial charge in [-0.05, 0) is 37.3 Å². The van der Waals surface area contributed by atoms with E-state index in [1.54, 1.807) is 49.2 Å². The fraction of sp³-hybridized carbons (Fsp3) is 0.238. The van der Waals surface area contributed by atoms with Crippen molar-refractivity contribution in [2.24, 2.45) is 0 Å². The molecule has 0 bridgehead atoms. The van der Waals surface area contributed by atoms with Crippen molar-refractivity contribution in [1.82, 2.24) is 14.8 Å². The predicted molar refractivity (Wildman–Crippen MR) is 119 cm³/mol. The third kappa shape index (κ3) is 5.54. The summed E-state index contributed by atoms with van der Waals surface area (Å²) in [6.07, 6.45) is 1.56. The zero-order chi connectivity index (χ0) is 22.4. The maximum absolute atomic E-state index is 12.7. The van der Waals surface area contributed by atoms with Crippen molar-refractivity contribution in [3.63, 3.8) is 0 Å². The number of carbonyl (C=O) groups is 2. The van der Waals surface area contributed by atoms with E-state index in [2.05, 4.69) is 20.8 Å². The molecule has 162 valence electrons. The van der Waals surface area contributed by atoms with E-state index in [0.717, 1.165) is 5.69 Å². The second-order valence-electron chi connectivity index (χ2n) is 6.53. The number of rotatable bonds is 8. The van der Waals surface area contributed by atoms with E-state index < -0.39 is 5.25 Å². The van der Waals surface area contributed by atoms with Crippen LogP contribution in [-0.4, -0.2) is 46.0 Å². The highest BCUT2D eigenvalue weighted by atomic mass is 32.2. The summed E-state index contributed by atoms with van der Waals surface area (Å²) in [5.74, 6) is 0.756. The highest BCUT2D eigenvalue weighted by Gasteiger charge is 2.19. The van der Waals surface area contributed by atoms with Crippen LogP contribution in [0.1, 0.15) is 13.8 Å². The minimum atomic E-state index is -0.449. The van der Waals surface area contributed by atoms with Crippen LogP contribution < -0.4 is 20.1 Å². The molecule has 3 rings (SSSR count). The molecular weight excluding hydrogens is 418 g/mol. The van der Waals surface area contributed by atoms with Crippen LogP contribution in [-0.2, 0) is 9.59 Å². The molecule has 2 aromatic carbocycles. The van der Waals surface area contributed by atoms with E-state index in [-0.39, 0.29) is 11.8 Å². The number of carbonyl (C=O) groups excluding carboxylic acids is 2. The summed E-state index contributed by atoms with van der Waals surface area (Å²) in [6.45, 7) is 3.24. The molecule has 10 heteroatoms. The van der Waals surface area contributed by atoms with Crippen LogP contribution in [0.3, 0.4) is 0 Å². The first-order chi connectivity index (χ1) is 14.9. The molecule has 0 spiro atoms. The SMILES string of the molecule is COc1ccc(NC(=O)C(C)Sc2nncn2-c2cccc(NC(C)=O)c2)cc1OC. The number of hydrogen-bond acceptors (Lipinski definition) is 7. The molecule has 0 aliphatic carbocycles. The quantitative estimate of drug-likeness (QED) is 0.516. The van der Waals surface area contributed by atoms with Crippen LogP contribution in [0, 0.1) is 0 Å². The minimum Gasteiger partial charge on any atom is -0.493 e. The summed E-state index contributed by atoms with van der Waals surface area (Å²) in [5, 5.41) is 13.8. The van der Waals surface area contributed by atoms with Crippen molar-refractivity contribution < 1.29 is 19.1 Å². The van der Waals surface area contributed by atoms with Crippen molar-refractivity contribution in [2.75, 3.05) is 24.9 Å². The Labute approximate surface area is 184 Å². The summed E-state index contributed by atoms with van der Waals surface area (Å²) >= 11 is 1.27. The van der Waals surface area contributed by atoms with Gasteiger partial charge in [0.05, 0.1) is 25.2 Å². The third-order valence-corrected chi connectivity index (χ3v) is 5.32. The first kappa shape index (κ1) is 22.2. The molecule has 2 N–H and O–H groups in total. The zero-order valence-electron chi connectivity index (χ0n) is 17.6. The molecule has 9 nitrogen and oxygen atoms in total. The number of anilines is 2. The van der Waals surface area contributed by atoms with E-state index in [9.17, 15) is 9.59 Å². The smallest absolute Gasteiger partial charge is 0.237 e. The number of nitrogens with one attached hydrogen (secondary N) is 2. The lowest BCUT2D eigenvalue weighted by Crippen LogP contribution is -2.22. The second kappa shape index (κ2) is 9.98. The molecule has 1 heterocycles.